The molecule has 0 aliphatic carbocycles. The Morgan fingerprint density at radius 2 is 1.46 bits per heavy atom. The van der Waals surface area contributed by atoms with Gasteiger partial charge < -0.3 is 29.3 Å². The predicted octanol–water partition coefficient (Wildman–Crippen LogP) is 4.78. The lowest BCUT2D eigenvalue weighted by Gasteiger charge is -2.38. The standard InChI is InChI=1S/C31H32N4O4/c1-33(22-36)29-17-25(35-18-26(37)19-35)13-14-27(29)34(2)28-15-16-30(38-20-23-9-5-3-6-10-23)32-31(28)39-21-24-11-7-4-8-12-24/h3-17,22,26,37H,18-21H2,1-2H3. The van der Waals surface area contributed by atoms with Gasteiger partial charge in [-0.3, -0.25) is 4.79 Å². The van der Waals surface area contributed by atoms with Crippen LogP contribution in [0.5, 0.6) is 11.8 Å². The van der Waals surface area contributed by atoms with Crippen LogP contribution < -0.4 is 24.2 Å². The van der Waals surface area contributed by atoms with Gasteiger partial charge in [0.05, 0.1) is 17.5 Å². The molecule has 200 valence electrons. The van der Waals surface area contributed by atoms with Crippen molar-refractivity contribution in [2.45, 2.75) is 19.3 Å². The van der Waals surface area contributed by atoms with Crippen molar-refractivity contribution in [1.82, 2.24) is 4.98 Å². The lowest BCUT2D eigenvalue weighted by Crippen LogP contribution is -2.50. The summed E-state index contributed by atoms with van der Waals surface area (Å²) >= 11 is 0. The van der Waals surface area contributed by atoms with Crippen molar-refractivity contribution in [3.63, 3.8) is 0 Å². The van der Waals surface area contributed by atoms with Crippen LogP contribution in [0.3, 0.4) is 0 Å². The maximum atomic E-state index is 11.8. The number of amides is 1. The molecule has 1 fully saturated rings. The molecule has 8 heteroatoms. The number of nitrogens with zero attached hydrogens (tertiary/aromatic N) is 4. The van der Waals surface area contributed by atoms with Gasteiger partial charge in [-0.05, 0) is 35.4 Å². The van der Waals surface area contributed by atoms with Crippen LogP contribution in [-0.4, -0.2) is 49.8 Å². The van der Waals surface area contributed by atoms with Crippen LogP contribution >= 0.6 is 0 Å². The predicted molar refractivity (Wildman–Crippen MR) is 153 cm³/mol. The van der Waals surface area contributed by atoms with Gasteiger partial charge in [0.1, 0.15) is 18.9 Å². The summed E-state index contributed by atoms with van der Waals surface area (Å²) in [5.41, 5.74) is 5.27. The van der Waals surface area contributed by atoms with Crippen molar-refractivity contribution in [3.8, 4) is 11.8 Å². The molecule has 1 saturated heterocycles. The fourth-order valence-corrected chi connectivity index (χ4v) is 4.44. The van der Waals surface area contributed by atoms with Crippen molar-refractivity contribution >= 4 is 29.2 Å². The molecular formula is C31H32N4O4. The van der Waals surface area contributed by atoms with E-state index < -0.39 is 0 Å². The fraction of sp³-hybridized carbons (Fsp3) is 0.226. The lowest BCUT2D eigenvalue weighted by molar-refractivity contribution is -0.107. The molecule has 4 aromatic rings. The minimum absolute atomic E-state index is 0.322. The number of carbonyl (C=O) groups excluding carboxylic acids is 1. The Kier molecular flexibility index (Phi) is 7.94. The molecule has 1 aromatic heterocycles. The van der Waals surface area contributed by atoms with Gasteiger partial charge in [-0.2, -0.15) is 4.98 Å². The van der Waals surface area contributed by atoms with Gasteiger partial charge in [-0.1, -0.05) is 60.7 Å². The number of aromatic nitrogens is 1. The van der Waals surface area contributed by atoms with Gasteiger partial charge in [-0.25, -0.2) is 0 Å². The molecule has 8 nitrogen and oxygen atoms in total. The first-order valence-corrected chi connectivity index (χ1v) is 12.8. The van der Waals surface area contributed by atoms with E-state index in [1.165, 1.54) is 0 Å². The van der Waals surface area contributed by atoms with Crippen molar-refractivity contribution in [1.29, 1.82) is 0 Å². The van der Waals surface area contributed by atoms with E-state index in [1.807, 2.05) is 103 Å². The van der Waals surface area contributed by atoms with E-state index in [-0.39, 0.29) is 6.10 Å². The van der Waals surface area contributed by atoms with Gasteiger partial charge in [0.25, 0.3) is 0 Å². The van der Waals surface area contributed by atoms with E-state index >= 15 is 0 Å². The smallest absolute Gasteiger partial charge is 0.241 e. The third-order valence-electron chi connectivity index (χ3n) is 6.71. The first kappa shape index (κ1) is 26.1. The Balaban J connectivity index is 1.45. The normalized spacial score (nSPS) is 12.9. The summed E-state index contributed by atoms with van der Waals surface area (Å²) in [7, 11) is 3.64. The van der Waals surface area contributed by atoms with E-state index in [1.54, 1.807) is 11.9 Å². The van der Waals surface area contributed by atoms with Crippen LogP contribution in [0.4, 0.5) is 22.7 Å². The molecule has 3 aromatic carbocycles. The number of aliphatic hydroxyl groups excluding tert-OH is 1. The molecule has 2 heterocycles. The Labute approximate surface area is 228 Å². The Morgan fingerprint density at radius 3 is 2.08 bits per heavy atom. The number of ether oxygens (including phenoxy) is 2. The molecule has 1 aliphatic rings. The van der Waals surface area contributed by atoms with Gasteiger partial charge in [0, 0.05) is 38.9 Å². The van der Waals surface area contributed by atoms with Crippen molar-refractivity contribution in [2.24, 2.45) is 0 Å². The van der Waals surface area contributed by atoms with Gasteiger partial charge in [-0.15, -0.1) is 0 Å². The summed E-state index contributed by atoms with van der Waals surface area (Å²) in [6, 6.07) is 29.5. The van der Waals surface area contributed by atoms with Crippen LogP contribution in [-0.2, 0) is 18.0 Å². The van der Waals surface area contributed by atoms with Crippen LogP contribution in [0, 0.1) is 0 Å². The molecule has 1 N–H and O–H groups in total. The minimum Gasteiger partial charge on any atom is -0.473 e. The van der Waals surface area contributed by atoms with Crippen molar-refractivity contribution in [3.05, 3.63) is 102 Å². The quantitative estimate of drug-likeness (QED) is 0.283. The third kappa shape index (κ3) is 6.13. The largest absolute Gasteiger partial charge is 0.473 e. The third-order valence-corrected chi connectivity index (χ3v) is 6.71. The monoisotopic (exact) mass is 524 g/mol. The first-order valence-electron chi connectivity index (χ1n) is 12.8. The Hall–Kier alpha value is -4.56. The topological polar surface area (TPSA) is 78.4 Å². The second-order valence-corrected chi connectivity index (χ2v) is 9.53. The van der Waals surface area contributed by atoms with Crippen LogP contribution in [0.1, 0.15) is 11.1 Å². The van der Waals surface area contributed by atoms with Crippen molar-refractivity contribution < 1.29 is 19.4 Å². The maximum absolute atomic E-state index is 11.8. The van der Waals surface area contributed by atoms with Gasteiger partial charge in [0.15, 0.2) is 0 Å². The first-order chi connectivity index (χ1) is 19.0. The van der Waals surface area contributed by atoms with Gasteiger partial charge >= 0.3 is 0 Å². The zero-order valence-corrected chi connectivity index (χ0v) is 22.1. The number of benzene rings is 3. The number of β-amino-alcohol motifs (C(OH)–C–C–N with tert-alkyl or cyclic N) is 1. The molecule has 0 radical (unpaired) electrons. The summed E-state index contributed by atoms with van der Waals surface area (Å²) in [5, 5.41) is 9.74. The van der Waals surface area contributed by atoms with E-state index in [0.29, 0.717) is 38.1 Å². The van der Waals surface area contributed by atoms with E-state index in [2.05, 4.69) is 4.90 Å². The molecule has 1 aliphatic heterocycles. The molecule has 39 heavy (non-hydrogen) atoms. The Morgan fingerprint density at radius 1 is 0.846 bits per heavy atom. The van der Waals surface area contributed by atoms with Crippen molar-refractivity contribution in [2.75, 3.05) is 41.9 Å². The van der Waals surface area contributed by atoms with E-state index in [9.17, 15) is 9.90 Å². The fourth-order valence-electron chi connectivity index (χ4n) is 4.44. The molecule has 0 unspecified atom stereocenters. The van der Waals surface area contributed by atoms with Crippen LogP contribution in [0.2, 0.25) is 0 Å². The highest BCUT2D eigenvalue weighted by Gasteiger charge is 2.26. The molecule has 0 saturated carbocycles. The summed E-state index contributed by atoms with van der Waals surface area (Å²) in [5.74, 6) is 0.873. The summed E-state index contributed by atoms with van der Waals surface area (Å²) in [4.78, 5) is 22.1. The molecule has 0 atom stereocenters. The van der Waals surface area contributed by atoms with Crippen LogP contribution in [0.15, 0.2) is 91.0 Å². The summed E-state index contributed by atoms with van der Waals surface area (Å²) in [6.45, 7) is 1.88. The second kappa shape index (κ2) is 11.9. The van der Waals surface area contributed by atoms with Crippen LogP contribution in [0.25, 0.3) is 0 Å². The lowest BCUT2D eigenvalue weighted by atomic mass is 10.1. The molecular weight excluding hydrogens is 492 g/mol. The number of aliphatic hydroxyl groups is 1. The Bertz CT molecular complexity index is 1390. The highest BCUT2D eigenvalue weighted by molar-refractivity contribution is 5.88. The SMILES string of the molecule is CN(C=O)c1cc(N2CC(O)C2)ccc1N(C)c1ccc(OCc2ccccc2)nc1OCc1ccccc1. The molecule has 1 amide bonds. The zero-order valence-electron chi connectivity index (χ0n) is 22.1. The molecule has 0 bridgehead atoms. The molecule has 0 spiro atoms. The number of anilines is 4. The van der Waals surface area contributed by atoms with E-state index in [4.69, 9.17) is 14.5 Å². The van der Waals surface area contributed by atoms with E-state index in [0.717, 1.165) is 40.3 Å². The van der Waals surface area contributed by atoms with Gasteiger partial charge in [0.2, 0.25) is 18.2 Å². The number of carbonyl (C=O) groups is 1. The number of rotatable bonds is 11. The zero-order chi connectivity index (χ0) is 27.2. The number of hydrogen-bond donors (Lipinski definition) is 1. The summed E-state index contributed by atoms with van der Waals surface area (Å²) < 4.78 is 12.2. The number of pyridine rings is 1. The summed E-state index contributed by atoms with van der Waals surface area (Å²) in [6.07, 6.45) is 0.463. The highest BCUT2D eigenvalue weighted by atomic mass is 16.5. The highest BCUT2D eigenvalue weighted by Crippen LogP contribution is 2.40. The second-order valence-electron chi connectivity index (χ2n) is 9.53. The maximum Gasteiger partial charge on any atom is 0.241 e. The average molecular weight is 525 g/mol. The molecule has 5 rings (SSSR count). The average Bonchev–Trinajstić information content (AvgIpc) is 2.97. The number of hydrogen-bond acceptors (Lipinski definition) is 7. The minimum atomic E-state index is -0.322.